The van der Waals surface area contributed by atoms with Crippen LogP contribution in [-0.4, -0.2) is 22.6 Å². The van der Waals surface area contributed by atoms with Crippen LogP contribution in [0.4, 0.5) is 11.8 Å². The lowest BCUT2D eigenvalue weighted by Crippen LogP contribution is -2.38. The molecule has 1 aromatic heterocycles. The molecule has 1 aliphatic rings. The van der Waals surface area contributed by atoms with E-state index in [2.05, 4.69) is 37.7 Å². The Morgan fingerprint density at radius 3 is 2.93 bits per heavy atom. The fraction of sp³-hybridized carbons (Fsp3) is 0.600. The number of piperidine rings is 1. The molecule has 2 heterocycles. The maximum absolute atomic E-state index is 5.70. The van der Waals surface area contributed by atoms with Crippen LogP contribution < -0.4 is 10.6 Å². The largest absolute Gasteiger partial charge is 0.383 e. The lowest BCUT2D eigenvalue weighted by Gasteiger charge is -2.33. The number of nitrogens with zero attached hydrogens (tertiary/aromatic N) is 3. The van der Waals surface area contributed by atoms with Crippen LogP contribution in [0.5, 0.6) is 0 Å². The number of rotatable bonds is 1. The summed E-state index contributed by atoms with van der Waals surface area (Å²) in [6, 6.07) is 2.23. The number of aromatic nitrogens is 2. The van der Waals surface area contributed by atoms with Crippen LogP contribution in [0.25, 0.3) is 0 Å². The minimum Gasteiger partial charge on any atom is -0.383 e. The second kappa shape index (κ2) is 4.35. The molecule has 0 bridgehead atoms. The summed E-state index contributed by atoms with van der Waals surface area (Å²) in [6.45, 7) is 3.23. The highest BCUT2D eigenvalue weighted by Crippen LogP contribution is 2.23. The first kappa shape index (κ1) is 10.7. The fourth-order valence-corrected chi connectivity index (χ4v) is 2.34. The van der Waals surface area contributed by atoms with Gasteiger partial charge in [0.05, 0.1) is 0 Å². The van der Waals surface area contributed by atoms with Gasteiger partial charge in [0.2, 0.25) is 5.95 Å². The van der Waals surface area contributed by atoms with Crippen LogP contribution in [0.1, 0.15) is 26.2 Å². The quantitative estimate of drug-likeness (QED) is 0.795. The number of anilines is 2. The molecule has 1 aliphatic heterocycles. The van der Waals surface area contributed by atoms with Crippen molar-refractivity contribution in [3.8, 4) is 0 Å². The highest BCUT2D eigenvalue weighted by molar-refractivity contribution is 9.10. The second-order valence-electron chi connectivity index (χ2n) is 3.95. The minimum absolute atomic E-state index is 0.507. The van der Waals surface area contributed by atoms with Gasteiger partial charge in [-0.15, -0.1) is 0 Å². The van der Waals surface area contributed by atoms with E-state index in [0.29, 0.717) is 11.9 Å². The third-order valence-electron chi connectivity index (χ3n) is 2.76. The molecule has 1 saturated heterocycles. The van der Waals surface area contributed by atoms with Gasteiger partial charge in [-0.1, -0.05) is 0 Å². The standard InChI is InChI=1S/C10H15BrN4/c1-7-4-2-3-5-15(7)10-13-8(11)6-9(12)14-10/h6-7H,2-5H2,1H3,(H2,12,13,14). The average Bonchev–Trinajstić information content (AvgIpc) is 2.16. The van der Waals surface area contributed by atoms with Crippen LogP contribution in [0, 0.1) is 0 Å². The van der Waals surface area contributed by atoms with Crippen LogP contribution in [0.2, 0.25) is 0 Å². The highest BCUT2D eigenvalue weighted by atomic mass is 79.9. The number of hydrogen-bond acceptors (Lipinski definition) is 4. The van der Waals surface area contributed by atoms with E-state index in [4.69, 9.17) is 5.73 Å². The molecule has 15 heavy (non-hydrogen) atoms. The van der Waals surface area contributed by atoms with Crippen molar-refractivity contribution in [2.45, 2.75) is 32.2 Å². The van der Waals surface area contributed by atoms with E-state index in [-0.39, 0.29) is 0 Å². The maximum atomic E-state index is 5.70. The van der Waals surface area contributed by atoms with Gasteiger partial charge in [0.1, 0.15) is 10.4 Å². The Morgan fingerprint density at radius 1 is 1.47 bits per heavy atom. The summed E-state index contributed by atoms with van der Waals surface area (Å²) < 4.78 is 0.753. The van der Waals surface area contributed by atoms with Gasteiger partial charge in [-0.25, -0.2) is 4.98 Å². The van der Waals surface area contributed by atoms with Crippen molar-refractivity contribution in [2.75, 3.05) is 17.2 Å². The van der Waals surface area contributed by atoms with Crippen molar-refractivity contribution in [1.29, 1.82) is 0 Å². The molecule has 0 aliphatic carbocycles. The summed E-state index contributed by atoms with van der Waals surface area (Å²) in [7, 11) is 0. The Kier molecular flexibility index (Phi) is 3.09. The number of halogens is 1. The van der Waals surface area contributed by atoms with Gasteiger partial charge in [-0.2, -0.15) is 4.98 Å². The molecule has 1 atom stereocenters. The summed E-state index contributed by atoms with van der Waals surface area (Å²) in [6.07, 6.45) is 3.71. The fourth-order valence-electron chi connectivity index (χ4n) is 1.95. The van der Waals surface area contributed by atoms with E-state index in [9.17, 15) is 0 Å². The summed E-state index contributed by atoms with van der Waals surface area (Å²) in [5.41, 5.74) is 5.70. The molecule has 1 fully saturated rings. The van der Waals surface area contributed by atoms with E-state index < -0.39 is 0 Å². The van der Waals surface area contributed by atoms with Crippen molar-refractivity contribution in [1.82, 2.24) is 9.97 Å². The first-order valence-corrected chi connectivity index (χ1v) is 6.03. The Morgan fingerprint density at radius 2 is 2.27 bits per heavy atom. The minimum atomic E-state index is 0.507. The van der Waals surface area contributed by atoms with Gasteiger partial charge < -0.3 is 10.6 Å². The van der Waals surface area contributed by atoms with Crippen LogP contribution in [0.3, 0.4) is 0 Å². The van der Waals surface area contributed by atoms with Crippen molar-refractivity contribution < 1.29 is 0 Å². The van der Waals surface area contributed by atoms with E-state index in [1.54, 1.807) is 6.07 Å². The monoisotopic (exact) mass is 270 g/mol. The molecule has 2 N–H and O–H groups in total. The second-order valence-corrected chi connectivity index (χ2v) is 4.77. The topological polar surface area (TPSA) is 55.0 Å². The van der Waals surface area contributed by atoms with Crippen molar-refractivity contribution in [3.63, 3.8) is 0 Å². The van der Waals surface area contributed by atoms with Crippen molar-refractivity contribution in [2.24, 2.45) is 0 Å². The molecule has 0 spiro atoms. The molecule has 1 aromatic rings. The summed E-state index contributed by atoms with van der Waals surface area (Å²) in [4.78, 5) is 10.9. The average molecular weight is 271 g/mol. The van der Waals surface area contributed by atoms with Gasteiger partial charge in [0, 0.05) is 18.7 Å². The molecule has 0 amide bonds. The lowest BCUT2D eigenvalue weighted by molar-refractivity contribution is 0.477. The van der Waals surface area contributed by atoms with Crippen molar-refractivity contribution >= 4 is 27.7 Å². The van der Waals surface area contributed by atoms with E-state index in [1.807, 2.05) is 0 Å². The molecule has 82 valence electrons. The van der Waals surface area contributed by atoms with Crippen LogP contribution >= 0.6 is 15.9 Å². The molecule has 0 radical (unpaired) electrons. The first-order valence-electron chi connectivity index (χ1n) is 5.23. The highest BCUT2D eigenvalue weighted by Gasteiger charge is 2.21. The third kappa shape index (κ3) is 2.40. The Labute approximate surface area is 98.0 Å². The Hall–Kier alpha value is -0.840. The smallest absolute Gasteiger partial charge is 0.228 e. The molecule has 4 nitrogen and oxygen atoms in total. The molecule has 5 heteroatoms. The van der Waals surface area contributed by atoms with Gasteiger partial charge in [0.15, 0.2) is 0 Å². The zero-order chi connectivity index (χ0) is 10.8. The molecule has 0 saturated carbocycles. The molecule has 0 aromatic carbocycles. The lowest BCUT2D eigenvalue weighted by atomic mass is 10.0. The number of nitrogens with two attached hydrogens (primary N) is 1. The molecular weight excluding hydrogens is 256 g/mol. The molecule has 1 unspecified atom stereocenters. The van der Waals surface area contributed by atoms with Crippen LogP contribution in [-0.2, 0) is 0 Å². The summed E-state index contributed by atoms with van der Waals surface area (Å²) in [5.74, 6) is 1.26. The van der Waals surface area contributed by atoms with Gasteiger partial charge in [-0.3, -0.25) is 0 Å². The van der Waals surface area contributed by atoms with Gasteiger partial charge in [-0.05, 0) is 42.1 Å². The zero-order valence-corrected chi connectivity index (χ0v) is 10.4. The summed E-state index contributed by atoms with van der Waals surface area (Å²) >= 11 is 3.34. The van der Waals surface area contributed by atoms with Gasteiger partial charge >= 0.3 is 0 Å². The zero-order valence-electron chi connectivity index (χ0n) is 8.78. The normalized spacial score (nSPS) is 21.7. The van der Waals surface area contributed by atoms with E-state index >= 15 is 0 Å². The Balaban J connectivity index is 2.27. The van der Waals surface area contributed by atoms with E-state index in [0.717, 1.165) is 17.1 Å². The Bertz CT molecular complexity index is 335. The predicted molar refractivity (Wildman–Crippen MR) is 64.8 cm³/mol. The van der Waals surface area contributed by atoms with Crippen molar-refractivity contribution in [3.05, 3.63) is 10.7 Å². The summed E-state index contributed by atoms with van der Waals surface area (Å²) in [5, 5.41) is 0. The first-order chi connectivity index (χ1) is 7.16. The third-order valence-corrected chi connectivity index (χ3v) is 3.17. The molecular formula is C10H15BrN4. The van der Waals surface area contributed by atoms with Crippen LogP contribution in [0.15, 0.2) is 10.7 Å². The number of hydrogen-bond donors (Lipinski definition) is 1. The maximum Gasteiger partial charge on any atom is 0.228 e. The SMILES string of the molecule is CC1CCCCN1c1nc(N)cc(Br)n1. The molecule has 2 rings (SSSR count). The van der Waals surface area contributed by atoms with E-state index in [1.165, 1.54) is 19.3 Å². The van der Waals surface area contributed by atoms with Gasteiger partial charge in [0.25, 0.3) is 0 Å². The number of nitrogen functional groups attached to an aromatic ring is 1. The predicted octanol–water partition coefficient (Wildman–Crippen LogP) is 2.20.